The van der Waals surface area contributed by atoms with Gasteiger partial charge < -0.3 is 0 Å². The molecule has 1 aliphatic rings. The maximum atomic E-state index is 4.93. The minimum atomic E-state index is 0.301. The minimum absolute atomic E-state index is 0.301. The lowest BCUT2D eigenvalue weighted by atomic mass is 9.91. The third-order valence-electron chi connectivity index (χ3n) is 4.99. The van der Waals surface area contributed by atoms with Crippen LogP contribution in [0.2, 0.25) is 0 Å². The van der Waals surface area contributed by atoms with Crippen molar-refractivity contribution in [3.8, 4) is 0 Å². The molecule has 0 aromatic heterocycles. The lowest BCUT2D eigenvalue weighted by Gasteiger charge is -2.25. The topological polar surface area (TPSA) is 24.7 Å². The fourth-order valence-corrected chi connectivity index (χ4v) is 3.45. The number of nitrogens with zero attached hydrogens (tertiary/aromatic N) is 2. The fraction of sp³-hybridized carbons (Fsp3) is 0.391. The third-order valence-corrected chi connectivity index (χ3v) is 4.99. The van der Waals surface area contributed by atoms with Crippen molar-refractivity contribution in [2.24, 2.45) is 9.98 Å². The molecule has 2 aromatic carbocycles. The number of aliphatic imine (C=N–C) groups is 2. The van der Waals surface area contributed by atoms with E-state index in [0.29, 0.717) is 12.1 Å². The Kier molecular flexibility index (Phi) is 5.80. The van der Waals surface area contributed by atoms with E-state index < -0.39 is 0 Å². The van der Waals surface area contributed by atoms with E-state index in [1.807, 2.05) is 6.21 Å². The zero-order valence-corrected chi connectivity index (χ0v) is 15.6. The molecule has 0 spiro atoms. The van der Waals surface area contributed by atoms with Crippen molar-refractivity contribution in [2.45, 2.75) is 58.5 Å². The van der Waals surface area contributed by atoms with Gasteiger partial charge in [0, 0.05) is 12.4 Å². The molecule has 3 rings (SSSR count). The molecule has 0 bridgehead atoms. The van der Waals surface area contributed by atoms with Crippen molar-refractivity contribution in [2.75, 3.05) is 0 Å². The summed E-state index contributed by atoms with van der Waals surface area (Å²) in [4.78, 5) is 9.82. The van der Waals surface area contributed by atoms with E-state index in [4.69, 9.17) is 9.98 Å². The van der Waals surface area contributed by atoms with Crippen LogP contribution < -0.4 is 0 Å². The normalized spacial score (nSPS) is 21.2. The average Bonchev–Trinajstić information content (AvgIpc) is 2.61. The van der Waals surface area contributed by atoms with E-state index in [1.54, 1.807) is 0 Å². The standard InChI is InChI=1S/C23H28N2/c1-17-7-6-8-20(13-17)15-24-22-9-4-5-10-23(22)25-16-21-14-18(2)11-12-19(21)3/h6-8,11-16,22-23H,4-5,9-10H2,1-3H3. The van der Waals surface area contributed by atoms with Crippen molar-refractivity contribution in [3.63, 3.8) is 0 Å². The third kappa shape index (κ3) is 4.88. The second-order valence-corrected chi connectivity index (χ2v) is 7.25. The van der Waals surface area contributed by atoms with Gasteiger partial charge in [-0.3, -0.25) is 9.98 Å². The second kappa shape index (κ2) is 8.24. The summed E-state index contributed by atoms with van der Waals surface area (Å²) < 4.78 is 0. The number of hydrogen-bond acceptors (Lipinski definition) is 2. The van der Waals surface area contributed by atoms with Crippen LogP contribution in [0.1, 0.15) is 53.5 Å². The highest BCUT2D eigenvalue weighted by molar-refractivity contribution is 5.82. The first kappa shape index (κ1) is 17.6. The van der Waals surface area contributed by atoms with Gasteiger partial charge in [0.05, 0.1) is 12.1 Å². The molecule has 25 heavy (non-hydrogen) atoms. The summed E-state index contributed by atoms with van der Waals surface area (Å²) in [7, 11) is 0. The van der Waals surface area contributed by atoms with Crippen molar-refractivity contribution >= 4 is 12.4 Å². The molecule has 2 unspecified atom stereocenters. The maximum Gasteiger partial charge on any atom is 0.0723 e. The summed E-state index contributed by atoms with van der Waals surface area (Å²) in [6.45, 7) is 6.40. The van der Waals surface area contributed by atoms with E-state index in [9.17, 15) is 0 Å². The Balaban J connectivity index is 1.74. The van der Waals surface area contributed by atoms with E-state index in [-0.39, 0.29) is 0 Å². The predicted molar refractivity (Wildman–Crippen MR) is 108 cm³/mol. The smallest absolute Gasteiger partial charge is 0.0723 e. The first-order chi connectivity index (χ1) is 12.1. The molecule has 2 nitrogen and oxygen atoms in total. The monoisotopic (exact) mass is 332 g/mol. The van der Waals surface area contributed by atoms with Gasteiger partial charge in [-0.05, 0) is 50.3 Å². The Bertz CT molecular complexity index is 773. The molecule has 0 saturated heterocycles. The summed E-state index contributed by atoms with van der Waals surface area (Å²) in [6.07, 6.45) is 8.88. The quantitative estimate of drug-likeness (QED) is 0.664. The van der Waals surface area contributed by atoms with Crippen LogP contribution in [0.3, 0.4) is 0 Å². The predicted octanol–water partition coefficient (Wildman–Crippen LogP) is 5.46. The SMILES string of the molecule is Cc1cccc(C=NC2CCCCC2N=Cc2cc(C)ccc2C)c1. The second-order valence-electron chi connectivity index (χ2n) is 7.25. The van der Waals surface area contributed by atoms with Gasteiger partial charge in [-0.25, -0.2) is 0 Å². The first-order valence-electron chi connectivity index (χ1n) is 9.32. The minimum Gasteiger partial charge on any atom is -0.287 e. The Labute approximate surface area is 151 Å². The molecular formula is C23H28N2. The van der Waals surface area contributed by atoms with Gasteiger partial charge in [-0.1, -0.05) is 66.4 Å². The zero-order chi connectivity index (χ0) is 17.6. The van der Waals surface area contributed by atoms with Crippen molar-refractivity contribution < 1.29 is 0 Å². The Morgan fingerprint density at radius 2 is 1.48 bits per heavy atom. The van der Waals surface area contributed by atoms with Gasteiger partial charge >= 0.3 is 0 Å². The molecule has 1 aliphatic carbocycles. The van der Waals surface area contributed by atoms with Gasteiger partial charge in [0.2, 0.25) is 0 Å². The molecule has 2 atom stereocenters. The van der Waals surface area contributed by atoms with Gasteiger partial charge in [0.15, 0.2) is 0 Å². The lowest BCUT2D eigenvalue weighted by molar-refractivity contribution is 0.390. The van der Waals surface area contributed by atoms with Crippen LogP contribution in [0.4, 0.5) is 0 Å². The molecule has 1 saturated carbocycles. The highest BCUT2D eigenvalue weighted by Crippen LogP contribution is 2.24. The maximum absolute atomic E-state index is 4.93. The largest absolute Gasteiger partial charge is 0.287 e. The van der Waals surface area contributed by atoms with E-state index in [1.165, 1.54) is 40.7 Å². The molecule has 1 fully saturated rings. The summed E-state index contributed by atoms with van der Waals surface area (Å²) in [5, 5.41) is 0. The van der Waals surface area contributed by atoms with Crippen molar-refractivity contribution in [1.82, 2.24) is 0 Å². The Morgan fingerprint density at radius 1 is 0.800 bits per heavy atom. The lowest BCUT2D eigenvalue weighted by Crippen LogP contribution is -2.27. The zero-order valence-electron chi connectivity index (χ0n) is 15.6. The highest BCUT2D eigenvalue weighted by atomic mass is 14.9. The molecule has 0 radical (unpaired) electrons. The van der Waals surface area contributed by atoms with Crippen molar-refractivity contribution in [1.29, 1.82) is 0 Å². The number of aryl methyl sites for hydroxylation is 3. The number of hydrogen-bond donors (Lipinski definition) is 0. The molecule has 130 valence electrons. The van der Waals surface area contributed by atoms with Crippen LogP contribution in [0.25, 0.3) is 0 Å². The molecular weight excluding hydrogens is 304 g/mol. The van der Waals surface area contributed by atoms with E-state index in [0.717, 1.165) is 12.8 Å². The molecule has 0 N–H and O–H groups in total. The molecule has 0 aliphatic heterocycles. The first-order valence-corrected chi connectivity index (χ1v) is 9.32. The van der Waals surface area contributed by atoms with Gasteiger partial charge in [0.1, 0.15) is 0 Å². The van der Waals surface area contributed by atoms with Crippen LogP contribution >= 0.6 is 0 Å². The van der Waals surface area contributed by atoms with Crippen LogP contribution in [0.15, 0.2) is 52.4 Å². The van der Waals surface area contributed by atoms with Gasteiger partial charge in [-0.2, -0.15) is 0 Å². The Morgan fingerprint density at radius 3 is 2.20 bits per heavy atom. The number of rotatable bonds is 4. The van der Waals surface area contributed by atoms with Crippen LogP contribution in [-0.2, 0) is 0 Å². The molecule has 0 heterocycles. The van der Waals surface area contributed by atoms with E-state index >= 15 is 0 Å². The number of benzene rings is 2. The molecule has 0 amide bonds. The molecule has 2 heteroatoms. The summed E-state index contributed by atoms with van der Waals surface area (Å²) in [5.41, 5.74) is 6.25. The van der Waals surface area contributed by atoms with Crippen LogP contribution in [0.5, 0.6) is 0 Å². The van der Waals surface area contributed by atoms with Gasteiger partial charge in [-0.15, -0.1) is 0 Å². The highest BCUT2D eigenvalue weighted by Gasteiger charge is 2.23. The van der Waals surface area contributed by atoms with Crippen LogP contribution in [-0.4, -0.2) is 24.5 Å². The molecule has 2 aromatic rings. The average molecular weight is 332 g/mol. The summed E-state index contributed by atoms with van der Waals surface area (Å²) in [5.74, 6) is 0. The summed E-state index contributed by atoms with van der Waals surface area (Å²) in [6, 6.07) is 15.7. The van der Waals surface area contributed by atoms with Crippen molar-refractivity contribution in [3.05, 3.63) is 70.3 Å². The van der Waals surface area contributed by atoms with E-state index in [2.05, 4.69) is 69.5 Å². The van der Waals surface area contributed by atoms with Gasteiger partial charge in [0.25, 0.3) is 0 Å². The summed E-state index contributed by atoms with van der Waals surface area (Å²) >= 11 is 0. The van der Waals surface area contributed by atoms with Crippen LogP contribution in [0, 0.1) is 20.8 Å². The Hall–Kier alpha value is -2.22. The fourth-order valence-electron chi connectivity index (χ4n) is 3.45.